The van der Waals surface area contributed by atoms with Crippen molar-refractivity contribution in [1.29, 1.82) is 0 Å². The van der Waals surface area contributed by atoms with Crippen molar-refractivity contribution < 1.29 is 14.5 Å². The minimum Gasteiger partial charge on any atom is -0.496 e. The van der Waals surface area contributed by atoms with Gasteiger partial charge in [-0.25, -0.2) is 4.79 Å². The zero-order valence-electron chi connectivity index (χ0n) is 16.3. The molecule has 0 spiro atoms. The number of hydrogen-bond acceptors (Lipinski definition) is 4. The first-order valence-corrected chi connectivity index (χ1v) is 8.64. The predicted molar refractivity (Wildman–Crippen MR) is 105 cm³/mol. The van der Waals surface area contributed by atoms with E-state index in [0.717, 1.165) is 0 Å². The standard InChI is InChI=1S/C20H25N3O4/c1-14(2)15-6-8-17(9-7-15)22(20(24)21(3)4)13-16-12-18(23(25)26)10-11-19(16)27-5/h6-12,14H,13H2,1-5H3. The number of non-ortho nitro benzene ring substituents is 1. The number of urea groups is 1. The lowest BCUT2D eigenvalue weighted by molar-refractivity contribution is -0.384. The molecule has 0 aliphatic heterocycles. The Morgan fingerprint density at radius 2 is 1.78 bits per heavy atom. The highest BCUT2D eigenvalue weighted by molar-refractivity contribution is 5.91. The van der Waals surface area contributed by atoms with E-state index in [4.69, 9.17) is 4.74 Å². The second-order valence-electron chi connectivity index (χ2n) is 6.76. The first-order chi connectivity index (χ1) is 12.7. The van der Waals surface area contributed by atoms with Gasteiger partial charge in [0.1, 0.15) is 5.75 Å². The molecule has 7 nitrogen and oxygen atoms in total. The van der Waals surface area contributed by atoms with Crippen LogP contribution < -0.4 is 9.64 Å². The molecule has 0 radical (unpaired) electrons. The van der Waals surface area contributed by atoms with E-state index in [0.29, 0.717) is 22.9 Å². The molecule has 0 N–H and O–H groups in total. The van der Waals surface area contributed by atoms with Gasteiger partial charge in [-0.2, -0.15) is 0 Å². The van der Waals surface area contributed by atoms with Gasteiger partial charge in [0, 0.05) is 37.5 Å². The molecule has 0 heterocycles. The largest absolute Gasteiger partial charge is 0.496 e. The molecule has 0 saturated heterocycles. The van der Waals surface area contributed by atoms with Gasteiger partial charge in [-0.15, -0.1) is 0 Å². The first-order valence-electron chi connectivity index (χ1n) is 8.64. The molecular weight excluding hydrogens is 346 g/mol. The zero-order chi connectivity index (χ0) is 20.1. The lowest BCUT2D eigenvalue weighted by Gasteiger charge is -2.27. The predicted octanol–water partition coefficient (Wildman–Crippen LogP) is 4.42. The average molecular weight is 371 g/mol. The SMILES string of the molecule is COc1ccc([N+](=O)[O-])cc1CN(C(=O)N(C)C)c1ccc(C(C)C)cc1. The van der Waals surface area contributed by atoms with Gasteiger partial charge in [-0.1, -0.05) is 26.0 Å². The van der Waals surface area contributed by atoms with Crippen LogP contribution >= 0.6 is 0 Å². The van der Waals surface area contributed by atoms with Crippen molar-refractivity contribution in [2.75, 3.05) is 26.1 Å². The Morgan fingerprint density at radius 3 is 2.26 bits per heavy atom. The number of anilines is 1. The van der Waals surface area contributed by atoms with E-state index in [2.05, 4.69) is 13.8 Å². The topological polar surface area (TPSA) is 75.9 Å². The summed E-state index contributed by atoms with van der Waals surface area (Å²) in [7, 11) is 4.84. The molecule has 0 unspecified atom stereocenters. The number of amides is 2. The third-order valence-corrected chi connectivity index (χ3v) is 4.29. The second kappa shape index (κ2) is 8.53. The van der Waals surface area contributed by atoms with Gasteiger partial charge in [-0.05, 0) is 29.7 Å². The number of rotatable bonds is 6. The summed E-state index contributed by atoms with van der Waals surface area (Å²) in [6.07, 6.45) is 0. The van der Waals surface area contributed by atoms with Crippen LogP contribution in [0.15, 0.2) is 42.5 Å². The third kappa shape index (κ3) is 4.75. The number of ether oxygens (including phenoxy) is 1. The maximum absolute atomic E-state index is 12.8. The summed E-state index contributed by atoms with van der Waals surface area (Å²) in [5, 5.41) is 11.1. The Kier molecular flexibility index (Phi) is 6.39. The Morgan fingerprint density at radius 1 is 1.15 bits per heavy atom. The molecule has 0 bridgehead atoms. The quantitative estimate of drug-likeness (QED) is 0.556. The van der Waals surface area contributed by atoms with E-state index in [-0.39, 0.29) is 18.3 Å². The molecule has 2 aromatic rings. The van der Waals surface area contributed by atoms with Crippen LogP contribution in [0, 0.1) is 10.1 Å². The molecule has 0 aliphatic rings. The Bertz CT molecular complexity index is 816. The summed E-state index contributed by atoms with van der Waals surface area (Å²) in [6, 6.07) is 11.9. The fourth-order valence-electron chi connectivity index (χ4n) is 2.72. The zero-order valence-corrected chi connectivity index (χ0v) is 16.3. The lowest BCUT2D eigenvalue weighted by atomic mass is 10.0. The van der Waals surface area contributed by atoms with Crippen molar-refractivity contribution in [2.24, 2.45) is 0 Å². The maximum atomic E-state index is 12.8. The monoisotopic (exact) mass is 371 g/mol. The number of benzene rings is 2. The Balaban J connectivity index is 2.45. The van der Waals surface area contributed by atoms with E-state index < -0.39 is 4.92 Å². The van der Waals surface area contributed by atoms with Gasteiger partial charge in [0.15, 0.2) is 0 Å². The maximum Gasteiger partial charge on any atom is 0.324 e. The summed E-state index contributed by atoms with van der Waals surface area (Å²) in [5.74, 6) is 0.880. The van der Waals surface area contributed by atoms with Crippen LogP contribution in [0.3, 0.4) is 0 Å². The van der Waals surface area contributed by atoms with E-state index in [1.807, 2.05) is 24.3 Å². The highest BCUT2D eigenvalue weighted by Gasteiger charge is 2.21. The summed E-state index contributed by atoms with van der Waals surface area (Å²) in [5.41, 5.74) is 2.41. The van der Waals surface area contributed by atoms with Crippen LogP contribution in [0.5, 0.6) is 5.75 Å². The van der Waals surface area contributed by atoms with Crippen LogP contribution in [0.2, 0.25) is 0 Å². The molecule has 0 fully saturated rings. The Hall–Kier alpha value is -3.09. The molecular formula is C20H25N3O4. The molecule has 0 aliphatic carbocycles. The first kappa shape index (κ1) is 20.2. The second-order valence-corrected chi connectivity index (χ2v) is 6.76. The number of nitrogens with zero attached hydrogens (tertiary/aromatic N) is 3. The van der Waals surface area contributed by atoms with Crippen molar-refractivity contribution >= 4 is 17.4 Å². The molecule has 27 heavy (non-hydrogen) atoms. The van der Waals surface area contributed by atoms with E-state index in [1.165, 1.54) is 29.7 Å². The fourth-order valence-corrected chi connectivity index (χ4v) is 2.72. The molecule has 0 aromatic heterocycles. The average Bonchev–Trinajstić information content (AvgIpc) is 2.65. The number of nitro groups is 1. The minimum atomic E-state index is -0.460. The fraction of sp³-hybridized carbons (Fsp3) is 0.350. The number of carbonyl (C=O) groups excluding carboxylic acids is 1. The van der Waals surface area contributed by atoms with Gasteiger partial charge >= 0.3 is 6.03 Å². The number of nitro benzene ring substituents is 1. The van der Waals surface area contributed by atoms with Gasteiger partial charge in [0.25, 0.3) is 5.69 Å². The van der Waals surface area contributed by atoms with Gasteiger partial charge in [0.2, 0.25) is 0 Å². The molecule has 2 rings (SSSR count). The summed E-state index contributed by atoms with van der Waals surface area (Å²) in [4.78, 5) is 26.5. The van der Waals surface area contributed by atoms with Gasteiger partial charge < -0.3 is 9.64 Å². The Labute approximate surface area is 159 Å². The van der Waals surface area contributed by atoms with Crippen LogP contribution in [-0.2, 0) is 6.54 Å². The molecule has 0 saturated carbocycles. The third-order valence-electron chi connectivity index (χ3n) is 4.29. The van der Waals surface area contributed by atoms with Crippen molar-refractivity contribution in [1.82, 2.24) is 4.90 Å². The molecule has 2 aromatic carbocycles. The van der Waals surface area contributed by atoms with Crippen LogP contribution in [0.4, 0.5) is 16.2 Å². The number of methoxy groups -OCH3 is 1. The van der Waals surface area contributed by atoms with Gasteiger partial charge in [-0.3, -0.25) is 15.0 Å². The molecule has 2 amide bonds. The smallest absolute Gasteiger partial charge is 0.324 e. The highest BCUT2D eigenvalue weighted by atomic mass is 16.6. The molecule has 144 valence electrons. The van der Waals surface area contributed by atoms with Gasteiger partial charge in [0.05, 0.1) is 18.6 Å². The van der Waals surface area contributed by atoms with E-state index in [1.54, 1.807) is 25.1 Å². The van der Waals surface area contributed by atoms with Crippen molar-refractivity contribution in [2.45, 2.75) is 26.3 Å². The van der Waals surface area contributed by atoms with Crippen molar-refractivity contribution in [3.8, 4) is 5.75 Å². The molecule has 7 heteroatoms. The minimum absolute atomic E-state index is 0.0433. The summed E-state index contributed by atoms with van der Waals surface area (Å²) in [6.45, 7) is 4.36. The van der Waals surface area contributed by atoms with Crippen LogP contribution in [-0.4, -0.2) is 37.1 Å². The van der Waals surface area contributed by atoms with E-state index >= 15 is 0 Å². The van der Waals surface area contributed by atoms with Crippen molar-refractivity contribution in [3.05, 3.63) is 63.7 Å². The van der Waals surface area contributed by atoms with Crippen LogP contribution in [0.25, 0.3) is 0 Å². The molecule has 0 atom stereocenters. The van der Waals surface area contributed by atoms with E-state index in [9.17, 15) is 14.9 Å². The lowest BCUT2D eigenvalue weighted by Crippen LogP contribution is -2.39. The summed E-state index contributed by atoms with van der Waals surface area (Å²) >= 11 is 0. The normalized spacial score (nSPS) is 10.6. The summed E-state index contributed by atoms with van der Waals surface area (Å²) < 4.78 is 5.33. The van der Waals surface area contributed by atoms with Crippen molar-refractivity contribution in [3.63, 3.8) is 0 Å². The highest BCUT2D eigenvalue weighted by Crippen LogP contribution is 2.28. The van der Waals surface area contributed by atoms with Crippen LogP contribution in [0.1, 0.15) is 30.9 Å². The number of carbonyl (C=O) groups is 1. The number of hydrogen-bond donors (Lipinski definition) is 0.